The number of aromatic nitrogens is 2. The SMILES string of the molecule is COc1ccccc1N1CCN(c2nc(CNS(=O)(=O)c3ccsc3)nc3ccccc23)CC1. The summed E-state index contributed by atoms with van der Waals surface area (Å²) in [5.41, 5.74) is 1.88. The van der Waals surface area contributed by atoms with Gasteiger partial charge in [0.1, 0.15) is 17.4 Å². The molecule has 34 heavy (non-hydrogen) atoms. The molecule has 4 aromatic rings. The van der Waals surface area contributed by atoms with Gasteiger partial charge in [-0.2, -0.15) is 11.3 Å². The van der Waals surface area contributed by atoms with Crippen LogP contribution in [0.5, 0.6) is 5.75 Å². The smallest absolute Gasteiger partial charge is 0.241 e. The maximum Gasteiger partial charge on any atom is 0.241 e. The highest BCUT2D eigenvalue weighted by atomic mass is 32.2. The van der Waals surface area contributed by atoms with Crippen LogP contribution in [0, 0.1) is 0 Å². The number of ether oxygens (including phenoxy) is 1. The quantitative estimate of drug-likeness (QED) is 0.420. The first-order valence-corrected chi connectivity index (χ1v) is 13.4. The van der Waals surface area contributed by atoms with E-state index < -0.39 is 10.0 Å². The lowest BCUT2D eigenvalue weighted by Crippen LogP contribution is -2.47. The Kier molecular flexibility index (Phi) is 6.36. The average molecular weight is 496 g/mol. The molecule has 0 amide bonds. The second-order valence-electron chi connectivity index (χ2n) is 7.91. The van der Waals surface area contributed by atoms with Crippen LogP contribution >= 0.6 is 11.3 Å². The second-order valence-corrected chi connectivity index (χ2v) is 10.5. The number of benzene rings is 2. The van der Waals surface area contributed by atoms with Crippen molar-refractivity contribution in [2.75, 3.05) is 43.1 Å². The standard InChI is InChI=1S/C24H25N5O3S2/c1-32-22-9-5-4-8-21(22)28-11-13-29(14-12-28)24-19-6-2-3-7-20(19)26-23(27-24)16-25-34(30,31)18-10-15-33-17-18/h2-10,15,17,25H,11-14,16H2,1H3. The molecule has 1 N–H and O–H groups in total. The molecule has 1 aliphatic rings. The molecule has 1 fully saturated rings. The van der Waals surface area contributed by atoms with Crippen LogP contribution in [0.25, 0.3) is 10.9 Å². The number of thiophene rings is 1. The molecule has 2 aromatic heterocycles. The van der Waals surface area contributed by atoms with E-state index in [1.54, 1.807) is 23.9 Å². The summed E-state index contributed by atoms with van der Waals surface area (Å²) in [6.07, 6.45) is 0. The van der Waals surface area contributed by atoms with Gasteiger partial charge in [-0.25, -0.2) is 23.1 Å². The average Bonchev–Trinajstić information content (AvgIpc) is 3.43. The summed E-state index contributed by atoms with van der Waals surface area (Å²) >= 11 is 1.34. The van der Waals surface area contributed by atoms with Gasteiger partial charge in [0.05, 0.1) is 29.8 Å². The molecule has 0 radical (unpaired) electrons. The lowest BCUT2D eigenvalue weighted by Gasteiger charge is -2.37. The Hall–Kier alpha value is -3.21. The van der Waals surface area contributed by atoms with Gasteiger partial charge in [-0.05, 0) is 35.7 Å². The van der Waals surface area contributed by atoms with Crippen molar-refractivity contribution in [2.45, 2.75) is 11.4 Å². The molecule has 5 rings (SSSR count). The normalized spacial score (nSPS) is 14.5. The van der Waals surface area contributed by atoms with Crippen LogP contribution in [0.4, 0.5) is 11.5 Å². The van der Waals surface area contributed by atoms with Gasteiger partial charge in [-0.15, -0.1) is 0 Å². The van der Waals surface area contributed by atoms with E-state index >= 15 is 0 Å². The maximum absolute atomic E-state index is 12.6. The lowest BCUT2D eigenvalue weighted by atomic mass is 10.2. The molecule has 0 bridgehead atoms. The van der Waals surface area contributed by atoms with Crippen LogP contribution in [0.15, 0.2) is 70.3 Å². The fourth-order valence-corrected chi connectivity index (χ4v) is 6.13. The van der Waals surface area contributed by atoms with Crippen molar-refractivity contribution in [3.8, 4) is 5.75 Å². The maximum atomic E-state index is 12.6. The van der Waals surface area contributed by atoms with Gasteiger partial charge >= 0.3 is 0 Å². The van der Waals surface area contributed by atoms with Crippen LogP contribution < -0.4 is 19.3 Å². The Bertz CT molecular complexity index is 1390. The van der Waals surface area contributed by atoms with Crippen molar-refractivity contribution < 1.29 is 13.2 Å². The minimum atomic E-state index is -3.60. The molecule has 8 nitrogen and oxygen atoms in total. The van der Waals surface area contributed by atoms with Gasteiger partial charge in [0, 0.05) is 36.9 Å². The van der Waals surface area contributed by atoms with Crippen molar-refractivity contribution in [3.05, 3.63) is 71.2 Å². The Morgan fingerprint density at radius 2 is 1.71 bits per heavy atom. The zero-order valence-corrected chi connectivity index (χ0v) is 20.3. The van der Waals surface area contributed by atoms with Gasteiger partial charge in [0.2, 0.25) is 10.0 Å². The Labute approximate surface area is 202 Å². The molecule has 1 aliphatic heterocycles. The van der Waals surface area contributed by atoms with E-state index in [1.165, 1.54) is 11.3 Å². The number of sulfonamides is 1. The monoisotopic (exact) mass is 495 g/mol. The van der Waals surface area contributed by atoms with Gasteiger partial charge in [0.15, 0.2) is 0 Å². The summed E-state index contributed by atoms with van der Waals surface area (Å²) in [6, 6.07) is 17.5. The molecule has 0 aliphatic carbocycles. The molecule has 10 heteroatoms. The third kappa shape index (κ3) is 4.56. The molecular weight excluding hydrogens is 470 g/mol. The van der Waals surface area contributed by atoms with E-state index in [0.717, 1.165) is 54.3 Å². The molecular formula is C24H25N5O3S2. The van der Waals surface area contributed by atoms with Crippen molar-refractivity contribution in [1.29, 1.82) is 0 Å². The van der Waals surface area contributed by atoms with Crippen molar-refractivity contribution in [2.24, 2.45) is 0 Å². The number of nitrogens with zero attached hydrogens (tertiary/aromatic N) is 4. The van der Waals surface area contributed by atoms with Crippen LogP contribution in [-0.4, -0.2) is 51.7 Å². The number of fused-ring (bicyclic) bond motifs is 1. The summed E-state index contributed by atoms with van der Waals surface area (Å²) < 4.78 is 33.3. The molecule has 0 spiro atoms. The highest BCUT2D eigenvalue weighted by Crippen LogP contribution is 2.30. The highest BCUT2D eigenvalue weighted by Gasteiger charge is 2.23. The number of anilines is 2. The van der Waals surface area contributed by atoms with Crippen LogP contribution in [0.3, 0.4) is 0 Å². The molecule has 0 saturated carbocycles. The molecule has 3 heterocycles. The first kappa shape index (κ1) is 22.6. The van der Waals surface area contributed by atoms with Crippen molar-refractivity contribution in [1.82, 2.24) is 14.7 Å². The topological polar surface area (TPSA) is 87.7 Å². The molecule has 176 valence electrons. The highest BCUT2D eigenvalue weighted by molar-refractivity contribution is 7.89. The van der Waals surface area contributed by atoms with Crippen molar-refractivity contribution in [3.63, 3.8) is 0 Å². The molecule has 0 unspecified atom stereocenters. The predicted molar refractivity (Wildman–Crippen MR) is 135 cm³/mol. The largest absolute Gasteiger partial charge is 0.495 e. The number of piperazine rings is 1. The fraction of sp³-hybridized carbons (Fsp3) is 0.250. The van der Waals surface area contributed by atoms with Gasteiger partial charge in [-0.3, -0.25) is 0 Å². The van der Waals surface area contributed by atoms with E-state index in [2.05, 4.69) is 25.6 Å². The minimum absolute atomic E-state index is 0.0250. The molecule has 2 aromatic carbocycles. The Morgan fingerprint density at radius 3 is 2.47 bits per heavy atom. The van der Waals surface area contributed by atoms with E-state index in [4.69, 9.17) is 9.72 Å². The van der Waals surface area contributed by atoms with E-state index in [-0.39, 0.29) is 11.4 Å². The van der Waals surface area contributed by atoms with Gasteiger partial charge in [0.25, 0.3) is 0 Å². The zero-order chi connectivity index (χ0) is 23.5. The Morgan fingerprint density at radius 1 is 0.971 bits per heavy atom. The number of hydrogen-bond acceptors (Lipinski definition) is 8. The van der Waals surface area contributed by atoms with E-state index in [0.29, 0.717) is 5.82 Å². The number of para-hydroxylation sites is 3. The predicted octanol–water partition coefficient (Wildman–Crippen LogP) is 3.51. The summed E-state index contributed by atoms with van der Waals surface area (Å²) in [6.45, 7) is 3.22. The number of hydrogen-bond donors (Lipinski definition) is 1. The second kappa shape index (κ2) is 9.57. The first-order chi connectivity index (χ1) is 16.5. The zero-order valence-electron chi connectivity index (χ0n) is 18.7. The van der Waals surface area contributed by atoms with Gasteiger partial charge < -0.3 is 14.5 Å². The van der Waals surface area contributed by atoms with Crippen molar-refractivity contribution >= 4 is 43.8 Å². The molecule has 0 atom stereocenters. The van der Waals surface area contributed by atoms with Crippen LogP contribution in [0.1, 0.15) is 5.82 Å². The summed E-state index contributed by atoms with van der Waals surface area (Å²) in [7, 11) is -1.91. The molecule has 1 saturated heterocycles. The lowest BCUT2D eigenvalue weighted by molar-refractivity contribution is 0.413. The van der Waals surface area contributed by atoms with E-state index in [1.807, 2.05) is 42.5 Å². The number of methoxy groups -OCH3 is 1. The summed E-state index contributed by atoms with van der Waals surface area (Å²) in [5.74, 6) is 2.14. The first-order valence-electron chi connectivity index (χ1n) is 11.0. The summed E-state index contributed by atoms with van der Waals surface area (Å²) in [4.78, 5) is 14.2. The number of rotatable bonds is 7. The van der Waals surface area contributed by atoms with Crippen LogP contribution in [0.2, 0.25) is 0 Å². The summed E-state index contributed by atoms with van der Waals surface area (Å²) in [5, 5.41) is 4.30. The van der Waals surface area contributed by atoms with E-state index in [9.17, 15) is 8.42 Å². The number of nitrogens with one attached hydrogen (secondary N) is 1. The van der Waals surface area contributed by atoms with Crippen LogP contribution in [-0.2, 0) is 16.6 Å². The van der Waals surface area contributed by atoms with Gasteiger partial charge in [-0.1, -0.05) is 24.3 Å². The third-order valence-electron chi connectivity index (χ3n) is 5.86. The fourth-order valence-electron chi connectivity index (χ4n) is 4.12. The Balaban J connectivity index is 1.38. The third-order valence-corrected chi connectivity index (χ3v) is 8.09. The minimum Gasteiger partial charge on any atom is -0.495 e.